The van der Waals surface area contributed by atoms with Gasteiger partial charge in [0.15, 0.2) is 12.2 Å². The van der Waals surface area contributed by atoms with Gasteiger partial charge in [-0.2, -0.15) is 0 Å². The summed E-state index contributed by atoms with van der Waals surface area (Å²) in [7, 11) is 0. The van der Waals surface area contributed by atoms with Crippen molar-refractivity contribution in [2.24, 2.45) is 0 Å². The molecule has 0 spiro atoms. The Balaban J connectivity index is 2.38. The van der Waals surface area contributed by atoms with E-state index in [1.165, 1.54) is 20.8 Å². The Bertz CT molecular complexity index is 710. The maximum absolute atomic E-state index is 11.7. The molecule has 1 aromatic rings. The molecule has 1 fully saturated rings. The number of hydrogen-bond donors (Lipinski definition) is 0. The molecule has 0 amide bonds. The summed E-state index contributed by atoms with van der Waals surface area (Å²) >= 11 is 7.94. The van der Waals surface area contributed by atoms with E-state index in [9.17, 15) is 14.4 Å². The third kappa shape index (κ3) is 6.21. The Kier molecular flexibility index (Phi) is 8.32. The zero-order valence-corrected chi connectivity index (χ0v) is 18.3. The van der Waals surface area contributed by atoms with Crippen molar-refractivity contribution in [3.8, 4) is 5.75 Å². The molecule has 5 atom stereocenters. The lowest BCUT2D eigenvalue weighted by Gasteiger charge is -2.43. The molecule has 1 aromatic carbocycles. The molecule has 8 nitrogen and oxygen atoms in total. The number of benzene rings is 1. The van der Waals surface area contributed by atoms with Crippen LogP contribution in [0.15, 0.2) is 24.3 Å². The quantitative estimate of drug-likeness (QED) is 0.242. The second-order valence-electron chi connectivity index (χ2n) is 5.99. The van der Waals surface area contributed by atoms with Gasteiger partial charge >= 0.3 is 17.9 Å². The highest BCUT2D eigenvalue weighted by Crippen LogP contribution is 2.31. The van der Waals surface area contributed by atoms with Gasteiger partial charge in [-0.1, -0.05) is 34.2 Å². The van der Waals surface area contributed by atoms with E-state index in [2.05, 4.69) is 22.6 Å². The monoisotopic (exact) mass is 526 g/mol. The Morgan fingerprint density at radius 3 is 1.93 bits per heavy atom. The Labute approximate surface area is 180 Å². The van der Waals surface area contributed by atoms with Crippen LogP contribution >= 0.6 is 34.2 Å². The van der Waals surface area contributed by atoms with E-state index in [1.54, 1.807) is 24.3 Å². The summed E-state index contributed by atoms with van der Waals surface area (Å²) in [5.41, 5.74) is 0. The van der Waals surface area contributed by atoms with Gasteiger partial charge in [0.2, 0.25) is 12.4 Å². The van der Waals surface area contributed by atoms with Gasteiger partial charge in [-0.05, 0) is 24.3 Å². The average molecular weight is 527 g/mol. The summed E-state index contributed by atoms with van der Waals surface area (Å²) in [4.78, 5) is 34.9. The minimum absolute atomic E-state index is 0.404. The molecule has 0 aliphatic carbocycles. The molecule has 0 radical (unpaired) electrons. The van der Waals surface area contributed by atoms with Gasteiger partial charge in [-0.3, -0.25) is 14.4 Å². The van der Waals surface area contributed by atoms with E-state index in [-0.39, 0.29) is 0 Å². The molecule has 1 aliphatic heterocycles. The van der Waals surface area contributed by atoms with Crippen LogP contribution in [-0.4, -0.2) is 53.0 Å². The normalized spacial score (nSPS) is 26.8. The Morgan fingerprint density at radius 1 is 0.929 bits per heavy atom. The van der Waals surface area contributed by atoms with E-state index in [0.29, 0.717) is 15.2 Å². The van der Waals surface area contributed by atoms with Crippen LogP contribution in [0, 0.1) is 0 Å². The highest BCUT2D eigenvalue weighted by molar-refractivity contribution is 14.1. The molecule has 10 heteroatoms. The zero-order chi connectivity index (χ0) is 20.8. The van der Waals surface area contributed by atoms with Gasteiger partial charge in [0.05, 0.1) is 0 Å². The predicted octanol–water partition coefficient (Wildman–Crippen LogP) is 2.67. The third-order valence-electron chi connectivity index (χ3n) is 3.72. The Hall–Kier alpha value is -1.59. The minimum Gasteiger partial charge on any atom is -0.461 e. The highest BCUT2D eigenvalue weighted by atomic mass is 127. The molecule has 1 saturated heterocycles. The molecule has 0 bridgehead atoms. The van der Waals surface area contributed by atoms with Crippen molar-refractivity contribution in [1.82, 2.24) is 0 Å². The van der Waals surface area contributed by atoms with Crippen LogP contribution in [0.2, 0.25) is 5.02 Å². The third-order valence-corrected chi connectivity index (χ3v) is 4.84. The lowest BCUT2D eigenvalue weighted by atomic mass is 9.99. The first kappa shape index (κ1) is 22.7. The van der Waals surface area contributed by atoms with Crippen molar-refractivity contribution in [2.75, 3.05) is 4.43 Å². The summed E-state index contributed by atoms with van der Waals surface area (Å²) in [6.45, 7) is 3.64. The van der Waals surface area contributed by atoms with Gasteiger partial charge in [-0.15, -0.1) is 0 Å². The number of carbonyl (C=O) groups excluding carboxylic acids is 3. The van der Waals surface area contributed by atoms with E-state index in [1.807, 2.05) is 0 Å². The Morgan fingerprint density at radius 2 is 1.43 bits per heavy atom. The zero-order valence-electron chi connectivity index (χ0n) is 15.4. The number of carbonyl (C=O) groups is 3. The SMILES string of the molecule is CC(=O)O[C@H]1[C@@H](OC(C)=O)[C@H](CI)O[C@H](Oc2ccc(Cl)cc2)[C@@H]1OC(C)=O. The molecular formula is C18H20ClIO8. The topological polar surface area (TPSA) is 97.4 Å². The molecule has 28 heavy (non-hydrogen) atoms. The van der Waals surface area contributed by atoms with Crippen molar-refractivity contribution in [3.05, 3.63) is 29.3 Å². The second-order valence-corrected chi connectivity index (χ2v) is 7.31. The molecular weight excluding hydrogens is 507 g/mol. The fourth-order valence-electron chi connectivity index (χ4n) is 2.72. The first-order chi connectivity index (χ1) is 13.2. The van der Waals surface area contributed by atoms with E-state index < -0.39 is 48.6 Å². The van der Waals surface area contributed by atoms with Crippen molar-refractivity contribution in [1.29, 1.82) is 0 Å². The van der Waals surface area contributed by atoms with Crippen LogP contribution in [-0.2, 0) is 33.3 Å². The molecule has 1 aliphatic rings. The second kappa shape index (κ2) is 10.3. The van der Waals surface area contributed by atoms with Gasteiger partial charge in [0.1, 0.15) is 11.9 Å². The van der Waals surface area contributed by atoms with Gasteiger partial charge in [0, 0.05) is 30.2 Å². The van der Waals surface area contributed by atoms with Crippen molar-refractivity contribution in [3.63, 3.8) is 0 Å². The highest BCUT2D eigenvalue weighted by Gasteiger charge is 2.52. The first-order valence-electron chi connectivity index (χ1n) is 8.36. The van der Waals surface area contributed by atoms with E-state index >= 15 is 0 Å². The number of ether oxygens (including phenoxy) is 5. The molecule has 1 heterocycles. The van der Waals surface area contributed by atoms with Gasteiger partial charge in [-0.25, -0.2) is 0 Å². The minimum atomic E-state index is -1.15. The number of halogens is 2. The van der Waals surface area contributed by atoms with Crippen LogP contribution in [0.5, 0.6) is 5.75 Å². The van der Waals surface area contributed by atoms with Crippen molar-refractivity contribution >= 4 is 52.1 Å². The molecule has 0 saturated carbocycles. The molecule has 0 unspecified atom stereocenters. The maximum atomic E-state index is 11.7. The summed E-state index contributed by atoms with van der Waals surface area (Å²) < 4.78 is 28.1. The summed E-state index contributed by atoms with van der Waals surface area (Å²) in [5.74, 6) is -1.44. The standard InChI is InChI=1S/C18H20ClIO8/c1-9(21)24-15-14(8-20)28-18(27-13-6-4-12(19)5-7-13)17(26-11(3)23)16(15)25-10(2)22/h4-7,14-18H,8H2,1-3H3/t14-,15-,16-,17+,18-/m0/s1. The predicted molar refractivity (Wildman–Crippen MR) is 106 cm³/mol. The summed E-state index contributed by atoms with van der Waals surface area (Å²) in [6.07, 6.45) is -4.97. The lowest BCUT2D eigenvalue weighted by molar-refractivity contribution is -0.279. The van der Waals surface area contributed by atoms with E-state index in [0.717, 1.165) is 0 Å². The van der Waals surface area contributed by atoms with Crippen LogP contribution in [0.4, 0.5) is 0 Å². The number of hydrogen-bond acceptors (Lipinski definition) is 8. The van der Waals surface area contributed by atoms with Crippen LogP contribution in [0.25, 0.3) is 0 Å². The van der Waals surface area contributed by atoms with E-state index in [4.69, 9.17) is 35.3 Å². The van der Waals surface area contributed by atoms with Gasteiger partial charge in [0.25, 0.3) is 0 Å². The fourth-order valence-corrected chi connectivity index (χ4v) is 3.56. The number of esters is 3. The molecule has 2 rings (SSSR count). The van der Waals surface area contributed by atoms with Crippen LogP contribution in [0.3, 0.4) is 0 Å². The van der Waals surface area contributed by atoms with Crippen molar-refractivity contribution in [2.45, 2.75) is 51.5 Å². The largest absolute Gasteiger partial charge is 0.461 e. The smallest absolute Gasteiger partial charge is 0.303 e. The maximum Gasteiger partial charge on any atom is 0.303 e. The van der Waals surface area contributed by atoms with Gasteiger partial charge < -0.3 is 23.7 Å². The lowest BCUT2D eigenvalue weighted by Crippen LogP contribution is -2.63. The molecule has 0 aromatic heterocycles. The van der Waals surface area contributed by atoms with Crippen molar-refractivity contribution < 1.29 is 38.1 Å². The van der Waals surface area contributed by atoms with Crippen LogP contribution in [0.1, 0.15) is 20.8 Å². The number of alkyl halides is 1. The average Bonchev–Trinajstić information content (AvgIpc) is 2.60. The fraction of sp³-hybridized carbons (Fsp3) is 0.500. The summed E-state index contributed by atoms with van der Waals surface area (Å²) in [5, 5.41) is 0.520. The first-order valence-corrected chi connectivity index (χ1v) is 10.3. The van der Waals surface area contributed by atoms with Crippen LogP contribution < -0.4 is 4.74 Å². The molecule has 0 N–H and O–H groups in total. The number of rotatable bonds is 6. The summed E-state index contributed by atoms with van der Waals surface area (Å²) in [6, 6.07) is 6.49. The molecule has 154 valence electrons.